The second-order valence-corrected chi connectivity index (χ2v) is 4.47. The van der Waals surface area contributed by atoms with Crippen LogP contribution in [0.3, 0.4) is 0 Å². The number of benzene rings is 2. The van der Waals surface area contributed by atoms with Crippen LogP contribution in [0, 0.1) is 15.9 Å². The molecule has 116 valence electrons. The largest absolute Gasteiger partial charge is 0.497 e. The van der Waals surface area contributed by atoms with Crippen molar-refractivity contribution in [2.24, 2.45) is 0 Å². The minimum Gasteiger partial charge on any atom is -0.497 e. The highest BCUT2D eigenvalue weighted by molar-refractivity contribution is 5.46. The standard InChI is InChI=1S/C15H14FNO5/c1-21-12-4-2-3-10(7-12)14(18)9-22-15-6-5-11(16)8-13(15)17(19)20/h2-8,14,18H,9H2,1H3. The van der Waals surface area contributed by atoms with Crippen molar-refractivity contribution < 1.29 is 23.9 Å². The minimum atomic E-state index is -1.00. The van der Waals surface area contributed by atoms with Gasteiger partial charge in [-0.1, -0.05) is 12.1 Å². The smallest absolute Gasteiger partial charge is 0.313 e. The summed E-state index contributed by atoms with van der Waals surface area (Å²) in [7, 11) is 1.50. The molecule has 1 atom stereocenters. The van der Waals surface area contributed by atoms with Crippen LogP contribution >= 0.6 is 0 Å². The van der Waals surface area contributed by atoms with Crippen LogP contribution in [0.2, 0.25) is 0 Å². The molecule has 0 radical (unpaired) electrons. The summed E-state index contributed by atoms with van der Waals surface area (Å²) < 4.78 is 23.3. The number of nitro benzene ring substituents is 1. The first-order valence-electron chi connectivity index (χ1n) is 6.40. The van der Waals surface area contributed by atoms with Crippen molar-refractivity contribution in [3.05, 3.63) is 64.0 Å². The number of halogens is 1. The van der Waals surface area contributed by atoms with E-state index in [0.717, 1.165) is 18.2 Å². The molecular weight excluding hydrogens is 293 g/mol. The zero-order valence-electron chi connectivity index (χ0n) is 11.7. The molecule has 0 aliphatic rings. The number of ether oxygens (including phenoxy) is 2. The number of hydrogen-bond donors (Lipinski definition) is 1. The Balaban J connectivity index is 2.11. The lowest BCUT2D eigenvalue weighted by Gasteiger charge is -2.13. The number of rotatable bonds is 6. The SMILES string of the molecule is COc1cccc(C(O)COc2ccc(F)cc2[N+](=O)[O-])c1. The highest BCUT2D eigenvalue weighted by Gasteiger charge is 2.18. The van der Waals surface area contributed by atoms with Crippen LogP contribution in [-0.2, 0) is 0 Å². The minimum absolute atomic E-state index is 0.103. The van der Waals surface area contributed by atoms with E-state index in [-0.39, 0.29) is 12.4 Å². The molecule has 0 amide bonds. The van der Waals surface area contributed by atoms with Gasteiger partial charge in [0.25, 0.3) is 0 Å². The molecule has 7 heteroatoms. The highest BCUT2D eigenvalue weighted by atomic mass is 19.1. The number of aliphatic hydroxyl groups excluding tert-OH is 1. The Bertz CT molecular complexity index is 677. The van der Waals surface area contributed by atoms with Gasteiger partial charge < -0.3 is 14.6 Å². The van der Waals surface area contributed by atoms with Crippen LogP contribution < -0.4 is 9.47 Å². The van der Waals surface area contributed by atoms with Gasteiger partial charge in [-0.05, 0) is 29.8 Å². The predicted molar refractivity (Wildman–Crippen MR) is 76.5 cm³/mol. The van der Waals surface area contributed by atoms with Crippen LogP contribution in [0.5, 0.6) is 11.5 Å². The fourth-order valence-electron chi connectivity index (χ4n) is 1.87. The van der Waals surface area contributed by atoms with Crippen LogP contribution in [0.4, 0.5) is 10.1 Å². The van der Waals surface area contributed by atoms with E-state index in [1.54, 1.807) is 24.3 Å². The molecule has 2 aromatic carbocycles. The molecule has 0 spiro atoms. The van der Waals surface area contributed by atoms with Crippen molar-refractivity contribution in [2.75, 3.05) is 13.7 Å². The second-order valence-electron chi connectivity index (χ2n) is 4.47. The van der Waals surface area contributed by atoms with Crippen molar-refractivity contribution in [1.82, 2.24) is 0 Å². The molecule has 0 heterocycles. The maximum Gasteiger partial charge on any atom is 0.313 e. The average Bonchev–Trinajstić information content (AvgIpc) is 2.53. The molecule has 2 rings (SSSR count). The number of nitrogens with zero attached hydrogens (tertiary/aromatic N) is 1. The molecule has 0 aliphatic heterocycles. The molecule has 1 unspecified atom stereocenters. The molecule has 22 heavy (non-hydrogen) atoms. The molecular formula is C15H14FNO5. The fourth-order valence-corrected chi connectivity index (χ4v) is 1.87. The van der Waals surface area contributed by atoms with Crippen LogP contribution in [-0.4, -0.2) is 23.7 Å². The number of nitro groups is 1. The Kier molecular flexibility index (Phi) is 4.90. The lowest BCUT2D eigenvalue weighted by atomic mass is 10.1. The van der Waals surface area contributed by atoms with E-state index in [1.165, 1.54) is 7.11 Å². The summed E-state index contributed by atoms with van der Waals surface area (Å²) in [5.41, 5.74) is 0.0574. The Morgan fingerprint density at radius 3 is 2.77 bits per heavy atom. The quantitative estimate of drug-likeness (QED) is 0.655. The zero-order valence-corrected chi connectivity index (χ0v) is 11.7. The number of methoxy groups -OCH3 is 1. The molecule has 6 nitrogen and oxygen atoms in total. The topological polar surface area (TPSA) is 81.8 Å². The predicted octanol–water partition coefficient (Wildman–Crippen LogP) is 2.85. The van der Waals surface area contributed by atoms with Gasteiger partial charge in [-0.3, -0.25) is 10.1 Å². The third-order valence-electron chi connectivity index (χ3n) is 2.99. The van der Waals surface area contributed by atoms with Crippen molar-refractivity contribution >= 4 is 5.69 Å². The fraction of sp³-hybridized carbons (Fsp3) is 0.200. The Morgan fingerprint density at radius 2 is 2.09 bits per heavy atom. The van der Waals surface area contributed by atoms with Crippen LogP contribution in [0.25, 0.3) is 0 Å². The van der Waals surface area contributed by atoms with Crippen molar-refractivity contribution in [3.8, 4) is 11.5 Å². The third-order valence-corrected chi connectivity index (χ3v) is 2.99. The summed E-state index contributed by atoms with van der Waals surface area (Å²) in [4.78, 5) is 10.1. The first-order valence-corrected chi connectivity index (χ1v) is 6.40. The average molecular weight is 307 g/mol. The van der Waals surface area contributed by atoms with Crippen molar-refractivity contribution in [3.63, 3.8) is 0 Å². The van der Waals surface area contributed by atoms with Crippen LogP contribution in [0.15, 0.2) is 42.5 Å². The highest BCUT2D eigenvalue weighted by Crippen LogP contribution is 2.28. The van der Waals surface area contributed by atoms with Gasteiger partial charge in [-0.15, -0.1) is 0 Å². The second kappa shape index (κ2) is 6.86. The molecule has 2 aromatic rings. The Hall–Kier alpha value is -2.67. The van der Waals surface area contributed by atoms with E-state index in [9.17, 15) is 19.6 Å². The van der Waals surface area contributed by atoms with E-state index < -0.39 is 22.5 Å². The third kappa shape index (κ3) is 3.70. The first-order chi connectivity index (χ1) is 10.5. The van der Waals surface area contributed by atoms with Gasteiger partial charge in [0.05, 0.1) is 18.1 Å². The molecule has 0 bridgehead atoms. The first kappa shape index (κ1) is 15.7. The monoisotopic (exact) mass is 307 g/mol. The van der Waals surface area contributed by atoms with Gasteiger partial charge in [-0.25, -0.2) is 4.39 Å². The summed E-state index contributed by atoms with van der Waals surface area (Å²) in [5, 5.41) is 20.9. The molecule has 0 aromatic heterocycles. The molecule has 1 N–H and O–H groups in total. The van der Waals surface area contributed by atoms with Gasteiger partial charge in [-0.2, -0.15) is 0 Å². The lowest BCUT2D eigenvalue weighted by Crippen LogP contribution is -2.10. The van der Waals surface area contributed by atoms with E-state index in [0.29, 0.717) is 11.3 Å². The van der Waals surface area contributed by atoms with E-state index in [2.05, 4.69) is 0 Å². The maximum atomic E-state index is 13.0. The van der Waals surface area contributed by atoms with Gasteiger partial charge in [0.15, 0.2) is 5.75 Å². The van der Waals surface area contributed by atoms with Crippen molar-refractivity contribution in [2.45, 2.75) is 6.10 Å². The van der Waals surface area contributed by atoms with E-state index in [4.69, 9.17) is 9.47 Å². The van der Waals surface area contributed by atoms with Gasteiger partial charge in [0.1, 0.15) is 24.3 Å². The molecule has 0 saturated heterocycles. The Morgan fingerprint density at radius 1 is 1.32 bits per heavy atom. The number of aliphatic hydroxyl groups is 1. The van der Waals surface area contributed by atoms with E-state index in [1.807, 2.05) is 0 Å². The zero-order chi connectivity index (χ0) is 16.1. The van der Waals surface area contributed by atoms with Crippen LogP contribution in [0.1, 0.15) is 11.7 Å². The van der Waals surface area contributed by atoms with Gasteiger partial charge >= 0.3 is 5.69 Å². The molecule has 0 aliphatic carbocycles. The van der Waals surface area contributed by atoms with Gasteiger partial charge in [0.2, 0.25) is 0 Å². The number of hydrogen-bond acceptors (Lipinski definition) is 5. The summed E-state index contributed by atoms with van der Waals surface area (Å²) in [6.45, 7) is -0.209. The lowest BCUT2D eigenvalue weighted by molar-refractivity contribution is -0.386. The Labute approximate surface area is 125 Å². The van der Waals surface area contributed by atoms with Gasteiger partial charge in [0, 0.05) is 0 Å². The summed E-state index contributed by atoms with van der Waals surface area (Å²) in [6.07, 6.45) is -1.00. The summed E-state index contributed by atoms with van der Waals surface area (Å²) >= 11 is 0. The normalized spacial score (nSPS) is 11.8. The summed E-state index contributed by atoms with van der Waals surface area (Å²) in [5.74, 6) is -0.259. The molecule has 0 saturated carbocycles. The van der Waals surface area contributed by atoms with E-state index >= 15 is 0 Å². The molecule has 0 fully saturated rings. The summed E-state index contributed by atoms with van der Waals surface area (Å²) in [6, 6.07) is 9.72. The van der Waals surface area contributed by atoms with Crippen molar-refractivity contribution in [1.29, 1.82) is 0 Å². The maximum absolute atomic E-state index is 13.0.